The average Bonchev–Trinajstić information content (AvgIpc) is 2.16. The van der Waals surface area contributed by atoms with Gasteiger partial charge in [-0.15, -0.1) is 0 Å². The van der Waals surface area contributed by atoms with Gasteiger partial charge in [0.2, 0.25) is 11.8 Å². The Morgan fingerprint density at radius 2 is 2.08 bits per heavy atom. The quantitative estimate of drug-likeness (QED) is 0.743. The van der Waals surface area contributed by atoms with Gasteiger partial charge in [-0.05, 0) is 6.92 Å². The maximum Gasteiger partial charge on any atom is 0.241 e. The van der Waals surface area contributed by atoms with Gasteiger partial charge in [0.1, 0.15) is 5.69 Å². The third-order valence-corrected chi connectivity index (χ3v) is 1.54. The minimum absolute atomic E-state index is 0.286. The van der Waals surface area contributed by atoms with Crippen molar-refractivity contribution >= 4 is 0 Å². The Balaban J connectivity index is 3.08. The first-order valence-corrected chi connectivity index (χ1v) is 3.82. The molecular formula is C8H12N2O3. The van der Waals surface area contributed by atoms with Crippen molar-refractivity contribution in [2.45, 2.75) is 13.0 Å². The first kappa shape index (κ1) is 9.73. The smallest absolute Gasteiger partial charge is 0.241 e. The second-order valence-corrected chi connectivity index (χ2v) is 2.48. The SMILES string of the molecule is COc1cnc(C(C)O)c(OC)n1. The summed E-state index contributed by atoms with van der Waals surface area (Å²) in [4.78, 5) is 7.92. The zero-order chi connectivity index (χ0) is 9.84. The van der Waals surface area contributed by atoms with Gasteiger partial charge in [0.15, 0.2) is 0 Å². The number of methoxy groups -OCH3 is 2. The molecule has 0 aromatic carbocycles. The van der Waals surface area contributed by atoms with E-state index in [-0.39, 0.29) is 5.88 Å². The lowest BCUT2D eigenvalue weighted by atomic mass is 10.3. The van der Waals surface area contributed by atoms with E-state index in [0.717, 1.165) is 0 Å². The second kappa shape index (κ2) is 4.04. The van der Waals surface area contributed by atoms with Crippen molar-refractivity contribution in [1.29, 1.82) is 0 Å². The molecule has 0 aliphatic rings. The lowest BCUT2D eigenvalue weighted by Crippen LogP contribution is -2.03. The number of hydrogen-bond acceptors (Lipinski definition) is 5. The van der Waals surface area contributed by atoms with Crippen LogP contribution in [-0.4, -0.2) is 29.3 Å². The van der Waals surface area contributed by atoms with Gasteiger partial charge in [-0.2, -0.15) is 4.98 Å². The maximum absolute atomic E-state index is 9.28. The van der Waals surface area contributed by atoms with Crippen LogP contribution >= 0.6 is 0 Å². The molecule has 1 heterocycles. The highest BCUT2D eigenvalue weighted by atomic mass is 16.5. The third-order valence-electron chi connectivity index (χ3n) is 1.54. The van der Waals surface area contributed by atoms with E-state index < -0.39 is 6.10 Å². The Bertz CT molecular complexity index is 289. The summed E-state index contributed by atoms with van der Waals surface area (Å²) in [6.45, 7) is 1.60. The minimum Gasteiger partial charge on any atom is -0.480 e. The predicted molar refractivity (Wildman–Crippen MR) is 45.8 cm³/mol. The molecule has 72 valence electrons. The zero-order valence-electron chi connectivity index (χ0n) is 7.81. The van der Waals surface area contributed by atoms with Crippen LogP contribution in [0.1, 0.15) is 18.7 Å². The monoisotopic (exact) mass is 184 g/mol. The van der Waals surface area contributed by atoms with Crippen LogP contribution in [0.4, 0.5) is 0 Å². The van der Waals surface area contributed by atoms with E-state index >= 15 is 0 Å². The van der Waals surface area contributed by atoms with Gasteiger partial charge >= 0.3 is 0 Å². The maximum atomic E-state index is 9.28. The fraction of sp³-hybridized carbons (Fsp3) is 0.500. The number of nitrogens with zero attached hydrogens (tertiary/aromatic N) is 2. The molecule has 5 nitrogen and oxygen atoms in total. The molecule has 0 spiro atoms. The number of aliphatic hydroxyl groups is 1. The van der Waals surface area contributed by atoms with Crippen LogP contribution < -0.4 is 9.47 Å². The lowest BCUT2D eigenvalue weighted by Gasteiger charge is -2.09. The summed E-state index contributed by atoms with van der Waals surface area (Å²) in [5.41, 5.74) is 0.406. The molecule has 1 unspecified atom stereocenters. The molecule has 1 aromatic heterocycles. The summed E-state index contributed by atoms with van der Waals surface area (Å²) < 4.78 is 9.79. The number of aliphatic hydroxyl groups excluding tert-OH is 1. The molecule has 0 aliphatic heterocycles. The van der Waals surface area contributed by atoms with Gasteiger partial charge in [0.25, 0.3) is 0 Å². The summed E-state index contributed by atoms with van der Waals surface area (Å²) in [6.07, 6.45) is 0.734. The number of rotatable bonds is 3. The summed E-state index contributed by atoms with van der Waals surface area (Å²) in [5.74, 6) is 0.649. The molecular weight excluding hydrogens is 172 g/mol. The second-order valence-electron chi connectivity index (χ2n) is 2.48. The van der Waals surface area contributed by atoms with Crippen molar-refractivity contribution in [3.63, 3.8) is 0 Å². The van der Waals surface area contributed by atoms with Crippen molar-refractivity contribution < 1.29 is 14.6 Å². The first-order valence-electron chi connectivity index (χ1n) is 3.82. The topological polar surface area (TPSA) is 64.5 Å². The summed E-state index contributed by atoms with van der Waals surface area (Å²) >= 11 is 0. The Morgan fingerprint density at radius 1 is 1.38 bits per heavy atom. The Labute approximate surface area is 76.4 Å². The standard InChI is InChI=1S/C8H12N2O3/c1-5(11)7-8(13-3)10-6(12-2)4-9-7/h4-5,11H,1-3H3. The molecule has 0 saturated heterocycles. The van der Waals surface area contributed by atoms with Crippen molar-refractivity contribution in [2.75, 3.05) is 14.2 Å². The highest BCUT2D eigenvalue weighted by Crippen LogP contribution is 2.22. The molecule has 1 aromatic rings. The van der Waals surface area contributed by atoms with Crippen LogP contribution in [-0.2, 0) is 0 Å². The average molecular weight is 184 g/mol. The Morgan fingerprint density at radius 3 is 2.54 bits per heavy atom. The van der Waals surface area contributed by atoms with E-state index in [4.69, 9.17) is 9.47 Å². The molecule has 0 bridgehead atoms. The molecule has 0 aliphatic carbocycles. The molecule has 5 heteroatoms. The van der Waals surface area contributed by atoms with E-state index in [1.807, 2.05) is 0 Å². The summed E-state index contributed by atoms with van der Waals surface area (Å²) in [6, 6.07) is 0. The van der Waals surface area contributed by atoms with E-state index in [1.54, 1.807) is 6.92 Å². The fourth-order valence-corrected chi connectivity index (χ4v) is 0.901. The fourth-order valence-electron chi connectivity index (χ4n) is 0.901. The van der Waals surface area contributed by atoms with E-state index in [2.05, 4.69) is 9.97 Å². The van der Waals surface area contributed by atoms with E-state index in [0.29, 0.717) is 11.6 Å². The van der Waals surface area contributed by atoms with E-state index in [9.17, 15) is 5.11 Å². The molecule has 0 fully saturated rings. The largest absolute Gasteiger partial charge is 0.480 e. The van der Waals surface area contributed by atoms with Crippen LogP contribution in [0.3, 0.4) is 0 Å². The zero-order valence-corrected chi connectivity index (χ0v) is 7.81. The minimum atomic E-state index is -0.701. The number of hydrogen-bond donors (Lipinski definition) is 1. The van der Waals surface area contributed by atoms with Gasteiger partial charge < -0.3 is 14.6 Å². The van der Waals surface area contributed by atoms with Gasteiger partial charge in [0, 0.05) is 0 Å². The van der Waals surface area contributed by atoms with Crippen LogP contribution in [0.2, 0.25) is 0 Å². The third kappa shape index (κ3) is 2.06. The molecule has 1 rings (SSSR count). The van der Waals surface area contributed by atoms with E-state index in [1.165, 1.54) is 20.4 Å². The highest BCUT2D eigenvalue weighted by Gasteiger charge is 2.12. The van der Waals surface area contributed by atoms with Gasteiger partial charge in [-0.25, -0.2) is 4.98 Å². The molecule has 0 amide bonds. The van der Waals surface area contributed by atoms with Gasteiger partial charge in [-0.3, -0.25) is 0 Å². The van der Waals surface area contributed by atoms with Crippen molar-refractivity contribution in [1.82, 2.24) is 9.97 Å². The summed E-state index contributed by atoms with van der Waals surface area (Å²) in [5, 5.41) is 9.28. The lowest BCUT2D eigenvalue weighted by molar-refractivity contribution is 0.186. The molecule has 1 atom stereocenters. The molecule has 1 N–H and O–H groups in total. The predicted octanol–water partition coefficient (Wildman–Crippen LogP) is 0.547. The number of ether oxygens (including phenoxy) is 2. The Kier molecular flexibility index (Phi) is 3.02. The van der Waals surface area contributed by atoms with Gasteiger partial charge in [-0.1, -0.05) is 0 Å². The summed E-state index contributed by atoms with van der Waals surface area (Å²) in [7, 11) is 2.96. The van der Waals surface area contributed by atoms with Crippen molar-refractivity contribution in [3.8, 4) is 11.8 Å². The molecule has 13 heavy (non-hydrogen) atoms. The number of aromatic nitrogens is 2. The highest BCUT2D eigenvalue weighted by molar-refractivity contribution is 5.24. The van der Waals surface area contributed by atoms with Crippen LogP contribution in [0.25, 0.3) is 0 Å². The van der Waals surface area contributed by atoms with Crippen LogP contribution in [0, 0.1) is 0 Å². The normalized spacial score (nSPS) is 12.3. The van der Waals surface area contributed by atoms with Crippen LogP contribution in [0.15, 0.2) is 6.20 Å². The molecule has 0 radical (unpaired) electrons. The Hall–Kier alpha value is -1.36. The first-order chi connectivity index (χ1) is 6.19. The van der Waals surface area contributed by atoms with Crippen LogP contribution in [0.5, 0.6) is 11.8 Å². The van der Waals surface area contributed by atoms with Crippen molar-refractivity contribution in [3.05, 3.63) is 11.9 Å². The van der Waals surface area contributed by atoms with Crippen molar-refractivity contribution in [2.24, 2.45) is 0 Å². The molecule has 0 saturated carbocycles. The van der Waals surface area contributed by atoms with Gasteiger partial charge in [0.05, 0.1) is 26.5 Å².